The zero-order valence-electron chi connectivity index (χ0n) is 15.9. The summed E-state index contributed by atoms with van der Waals surface area (Å²) in [4.78, 5) is 18.9. The highest BCUT2D eigenvalue weighted by atomic mass is 32.2. The van der Waals surface area contributed by atoms with Gasteiger partial charge in [0.1, 0.15) is 5.75 Å². The summed E-state index contributed by atoms with van der Waals surface area (Å²) in [5, 5.41) is 0.524. The molecule has 2 fully saturated rings. The number of amidine groups is 1. The molecule has 0 bridgehead atoms. The van der Waals surface area contributed by atoms with Crippen LogP contribution in [0.1, 0.15) is 33.6 Å². The van der Waals surface area contributed by atoms with Gasteiger partial charge in [-0.2, -0.15) is 4.99 Å². The van der Waals surface area contributed by atoms with Gasteiger partial charge in [0.15, 0.2) is 15.0 Å². The van der Waals surface area contributed by atoms with Crippen molar-refractivity contribution in [2.45, 2.75) is 44.9 Å². The van der Waals surface area contributed by atoms with Gasteiger partial charge in [0.2, 0.25) is 0 Å². The Morgan fingerprint density at radius 1 is 1.22 bits per heavy atom. The molecule has 6 nitrogen and oxygen atoms in total. The van der Waals surface area contributed by atoms with Gasteiger partial charge < -0.3 is 9.64 Å². The molecule has 0 N–H and O–H groups in total. The molecule has 3 rings (SSSR count). The predicted molar refractivity (Wildman–Crippen MR) is 110 cm³/mol. The first-order chi connectivity index (χ1) is 12.9. The lowest BCUT2D eigenvalue weighted by atomic mass is 10.0. The second-order valence-electron chi connectivity index (χ2n) is 6.84. The number of benzene rings is 1. The first-order valence-corrected chi connectivity index (χ1v) is 12.1. The highest BCUT2D eigenvalue weighted by Gasteiger charge is 2.49. The number of rotatable bonds is 6. The number of ether oxygens (including phenoxy) is 1. The average Bonchev–Trinajstić information content (AvgIpc) is 3.08. The number of fused-ring (bicyclic) bond motifs is 1. The van der Waals surface area contributed by atoms with Crippen molar-refractivity contribution < 1.29 is 17.9 Å². The number of hydrogen-bond acceptors (Lipinski definition) is 5. The molecule has 27 heavy (non-hydrogen) atoms. The molecule has 2 heterocycles. The third-order valence-corrected chi connectivity index (χ3v) is 8.24. The van der Waals surface area contributed by atoms with Crippen LogP contribution in [0.2, 0.25) is 0 Å². The van der Waals surface area contributed by atoms with E-state index in [1.807, 2.05) is 49.9 Å². The number of carbonyl (C=O) groups excluding carboxylic acids is 1. The largest absolute Gasteiger partial charge is 0.494 e. The van der Waals surface area contributed by atoms with Gasteiger partial charge in [0.25, 0.3) is 5.91 Å². The fourth-order valence-electron chi connectivity index (χ4n) is 3.56. The third-order valence-electron chi connectivity index (χ3n) is 5.03. The second kappa shape index (κ2) is 8.22. The number of carbonyl (C=O) groups is 1. The molecular formula is C19H26N2O4S2. The summed E-state index contributed by atoms with van der Waals surface area (Å²) in [5.41, 5.74) is 0.839. The van der Waals surface area contributed by atoms with Crippen molar-refractivity contribution in [3.05, 3.63) is 24.3 Å². The van der Waals surface area contributed by atoms with Crippen LogP contribution in [0.15, 0.2) is 29.3 Å². The van der Waals surface area contributed by atoms with Crippen LogP contribution in [-0.4, -0.2) is 48.9 Å². The Bertz CT molecular complexity index is 817. The summed E-state index contributed by atoms with van der Waals surface area (Å²) in [7, 11) is -3.07. The molecule has 1 amide bonds. The lowest BCUT2D eigenvalue weighted by molar-refractivity contribution is -0.121. The first-order valence-electron chi connectivity index (χ1n) is 9.40. The number of aliphatic imine (C=N–C) groups is 1. The zero-order chi connectivity index (χ0) is 19.6. The molecule has 0 aliphatic carbocycles. The minimum Gasteiger partial charge on any atom is -0.494 e. The smallest absolute Gasteiger partial charge is 0.251 e. The van der Waals surface area contributed by atoms with Crippen molar-refractivity contribution >= 4 is 38.4 Å². The number of sulfone groups is 1. The maximum absolute atomic E-state index is 12.6. The van der Waals surface area contributed by atoms with E-state index in [0.717, 1.165) is 24.3 Å². The molecule has 8 heteroatoms. The van der Waals surface area contributed by atoms with E-state index in [2.05, 4.69) is 4.99 Å². The number of amides is 1. The van der Waals surface area contributed by atoms with Crippen LogP contribution in [0, 0.1) is 5.92 Å². The number of nitrogens with zero attached hydrogens (tertiary/aromatic N) is 2. The van der Waals surface area contributed by atoms with Gasteiger partial charge in [-0.25, -0.2) is 8.42 Å². The van der Waals surface area contributed by atoms with E-state index in [1.54, 1.807) is 0 Å². The molecule has 0 aromatic heterocycles. The van der Waals surface area contributed by atoms with E-state index in [0.29, 0.717) is 11.8 Å². The standard InChI is InChI=1S/C19H26N2O4S2/c1-4-13(5-2)18(22)20-19-21(14-7-9-15(10-8-14)25-6-3)16-11-27(23,24)12-17(16)26-19/h7-10,13,16-17H,4-6,11-12H2,1-3H3. The van der Waals surface area contributed by atoms with Gasteiger partial charge in [-0.3, -0.25) is 4.79 Å². The monoisotopic (exact) mass is 410 g/mol. The molecule has 2 saturated heterocycles. The van der Waals surface area contributed by atoms with Crippen molar-refractivity contribution in [2.75, 3.05) is 23.0 Å². The molecule has 148 valence electrons. The topological polar surface area (TPSA) is 76.0 Å². The van der Waals surface area contributed by atoms with Crippen LogP contribution in [0.4, 0.5) is 5.69 Å². The predicted octanol–water partition coefficient (Wildman–Crippen LogP) is 3.12. The van der Waals surface area contributed by atoms with Crippen molar-refractivity contribution in [3.8, 4) is 5.75 Å². The lowest BCUT2D eigenvalue weighted by Gasteiger charge is -2.25. The molecular weight excluding hydrogens is 384 g/mol. The van der Waals surface area contributed by atoms with E-state index >= 15 is 0 Å². The van der Waals surface area contributed by atoms with Crippen LogP contribution >= 0.6 is 11.8 Å². The molecule has 2 aliphatic heterocycles. The Labute approximate surface area is 165 Å². The molecule has 0 radical (unpaired) electrons. The molecule has 2 aliphatic rings. The molecule has 2 atom stereocenters. The van der Waals surface area contributed by atoms with E-state index in [1.165, 1.54) is 11.8 Å². The fourth-order valence-corrected chi connectivity index (χ4v) is 7.48. The van der Waals surface area contributed by atoms with E-state index < -0.39 is 9.84 Å². The van der Waals surface area contributed by atoms with Crippen molar-refractivity contribution in [1.29, 1.82) is 0 Å². The molecule has 2 unspecified atom stereocenters. The third kappa shape index (κ3) is 4.32. The molecule has 1 aromatic carbocycles. The van der Waals surface area contributed by atoms with Crippen LogP contribution < -0.4 is 9.64 Å². The number of thioether (sulfide) groups is 1. The fraction of sp³-hybridized carbons (Fsp3) is 0.579. The quantitative estimate of drug-likeness (QED) is 0.717. The van der Waals surface area contributed by atoms with E-state index in [4.69, 9.17) is 4.74 Å². The maximum atomic E-state index is 12.6. The number of anilines is 1. The van der Waals surface area contributed by atoms with Crippen molar-refractivity contribution in [3.63, 3.8) is 0 Å². The Kier molecular flexibility index (Phi) is 6.15. The van der Waals surface area contributed by atoms with Crippen LogP contribution in [0.5, 0.6) is 5.75 Å². The van der Waals surface area contributed by atoms with E-state index in [-0.39, 0.29) is 34.6 Å². The highest BCUT2D eigenvalue weighted by Crippen LogP contribution is 2.41. The van der Waals surface area contributed by atoms with Gasteiger partial charge in [-0.15, -0.1) is 0 Å². The number of hydrogen-bond donors (Lipinski definition) is 0. The maximum Gasteiger partial charge on any atom is 0.251 e. The molecule has 0 spiro atoms. The van der Waals surface area contributed by atoms with Gasteiger partial charge in [0.05, 0.1) is 24.2 Å². The lowest BCUT2D eigenvalue weighted by Crippen LogP contribution is -2.37. The minimum absolute atomic E-state index is 0.0881. The van der Waals surface area contributed by atoms with E-state index in [9.17, 15) is 13.2 Å². The Balaban J connectivity index is 1.94. The van der Waals surface area contributed by atoms with Crippen LogP contribution in [-0.2, 0) is 14.6 Å². The van der Waals surface area contributed by atoms with Gasteiger partial charge in [-0.05, 0) is 44.0 Å². The van der Waals surface area contributed by atoms with Crippen LogP contribution in [0.25, 0.3) is 0 Å². The zero-order valence-corrected chi connectivity index (χ0v) is 17.6. The Morgan fingerprint density at radius 3 is 2.48 bits per heavy atom. The SMILES string of the molecule is CCOc1ccc(N2C(=NC(=O)C(CC)CC)SC3CS(=O)(=O)CC32)cc1. The highest BCUT2D eigenvalue weighted by molar-refractivity contribution is 8.16. The Morgan fingerprint density at radius 2 is 1.89 bits per heavy atom. The second-order valence-corrected chi connectivity index (χ2v) is 10.2. The summed E-state index contributed by atoms with van der Waals surface area (Å²) >= 11 is 1.41. The van der Waals surface area contributed by atoms with Crippen molar-refractivity contribution in [1.82, 2.24) is 0 Å². The summed E-state index contributed by atoms with van der Waals surface area (Å²) in [6.45, 7) is 6.48. The normalized spacial score (nSPS) is 25.2. The average molecular weight is 411 g/mol. The van der Waals surface area contributed by atoms with Gasteiger partial charge >= 0.3 is 0 Å². The van der Waals surface area contributed by atoms with Crippen LogP contribution in [0.3, 0.4) is 0 Å². The van der Waals surface area contributed by atoms with Gasteiger partial charge in [0, 0.05) is 16.9 Å². The molecule has 0 saturated carbocycles. The first kappa shape index (κ1) is 20.2. The minimum atomic E-state index is -3.07. The summed E-state index contributed by atoms with van der Waals surface area (Å²) in [6.07, 6.45) is 1.50. The Hall–Kier alpha value is -1.54. The van der Waals surface area contributed by atoms with Gasteiger partial charge in [-0.1, -0.05) is 25.6 Å². The summed E-state index contributed by atoms with van der Waals surface area (Å²) in [5.74, 6) is 0.769. The summed E-state index contributed by atoms with van der Waals surface area (Å²) < 4.78 is 29.7. The van der Waals surface area contributed by atoms with Crippen molar-refractivity contribution in [2.24, 2.45) is 10.9 Å². The summed E-state index contributed by atoms with van der Waals surface area (Å²) in [6, 6.07) is 7.33. The molecule has 1 aromatic rings.